The molecule has 2 nitrogen and oxygen atoms in total. The molecule has 2 rings (SSSR count). The Bertz CT molecular complexity index is 429. The maximum absolute atomic E-state index is 12.4. The zero-order valence-electron chi connectivity index (χ0n) is 10.9. The van der Waals surface area contributed by atoms with Gasteiger partial charge in [-0.2, -0.15) is 0 Å². The van der Waals surface area contributed by atoms with Crippen LogP contribution in [0.5, 0.6) is 5.75 Å². The van der Waals surface area contributed by atoms with Crippen molar-refractivity contribution >= 4 is 5.78 Å². The Kier molecular flexibility index (Phi) is 3.51. The summed E-state index contributed by atoms with van der Waals surface area (Å²) in [5.74, 6) is 1.44. The summed E-state index contributed by atoms with van der Waals surface area (Å²) in [6.45, 7) is 3.98. The maximum atomic E-state index is 12.4. The third-order valence-electron chi connectivity index (χ3n) is 3.73. The predicted molar refractivity (Wildman–Crippen MR) is 68.8 cm³/mol. The summed E-state index contributed by atoms with van der Waals surface area (Å²) in [5.41, 5.74) is 2.96. The fraction of sp³-hybridized carbons (Fsp3) is 0.533. The highest BCUT2D eigenvalue weighted by Crippen LogP contribution is 2.31. The Morgan fingerprint density at radius 1 is 1.18 bits per heavy atom. The first-order valence-corrected chi connectivity index (χ1v) is 6.33. The smallest absolute Gasteiger partial charge is 0.166 e. The van der Waals surface area contributed by atoms with Gasteiger partial charge in [0.25, 0.3) is 0 Å². The lowest BCUT2D eigenvalue weighted by Gasteiger charge is -2.13. The van der Waals surface area contributed by atoms with Crippen molar-refractivity contribution in [3.8, 4) is 5.75 Å². The molecule has 1 aliphatic rings. The van der Waals surface area contributed by atoms with E-state index in [2.05, 4.69) is 0 Å². The van der Waals surface area contributed by atoms with Crippen LogP contribution in [0.1, 0.15) is 47.2 Å². The van der Waals surface area contributed by atoms with E-state index in [0.29, 0.717) is 5.78 Å². The summed E-state index contributed by atoms with van der Waals surface area (Å²) in [4.78, 5) is 12.4. The monoisotopic (exact) mass is 232 g/mol. The average molecular weight is 232 g/mol. The van der Waals surface area contributed by atoms with Crippen LogP contribution in [-0.2, 0) is 0 Å². The van der Waals surface area contributed by atoms with Crippen molar-refractivity contribution in [2.45, 2.75) is 39.5 Å². The average Bonchev–Trinajstić information content (AvgIpc) is 2.84. The normalized spacial score (nSPS) is 16.2. The Morgan fingerprint density at radius 2 is 1.82 bits per heavy atom. The van der Waals surface area contributed by atoms with E-state index in [1.165, 1.54) is 12.8 Å². The largest absolute Gasteiger partial charge is 0.496 e. The maximum Gasteiger partial charge on any atom is 0.166 e. The molecule has 0 N–H and O–H groups in total. The van der Waals surface area contributed by atoms with Gasteiger partial charge in [-0.1, -0.05) is 12.8 Å². The molecule has 0 bridgehead atoms. The number of hydrogen-bond acceptors (Lipinski definition) is 2. The Morgan fingerprint density at radius 3 is 2.41 bits per heavy atom. The minimum absolute atomic E-state index is 0.251. The van der Waals surface area contributed by atoms with Crippen LogP contribution in [0.3, 0.4) is 0 Å². The lowest BCUT2D eigenvalue weighted by Crippen LogP contribution is -2.13. The minimum atomic E-state index is 0.251. The van der Waals surface area contributed by atoms with E-state index in [9.17, 15) is 4.79 Å². The van der Waals surface area contributed by atoms with Crippen molar-refractivity contribution < 1.29 is 9.53 Å². The van der Waals surface area contributed by atoms with Gasteiger partial charge < -0.3 is 4.74 Å². The Balaban J connectivity index is 2.31. The molecule has 0 radical (unpaired) electrons. The topological polar surface area (TPSA) is 26.3 Å². The summed E-state index contributed by atoms with van der Waals surface area (Å²) in [6.07, 6.45) is 4.52. The van der Waals surface area contributed by atoms with Crippen molar-refractivity contribution in [1.29, 1.82) is 0 Å². The van der Waals surface area contributed by atoms with Gasteiger partial charge in [-0.25, -0.2) is 0 Å². The van der Waals surface area contributed by atoms with E-state index in [4.69, 9.17) is 4.74 Å². The van der Waals surface area contributed by atoms with E-state index < -0.39 is 0 Å². The van der Waals surface area contributed by atoms with Gasteiger partial charge in [-0.05, 0) is 49.9 Å². The summed E-state index contributed by atoms with van der Waals surface area (Å²) in [7, 11) is 1.67. The van der Waals surface area contributed by atoms with Crippen LogP contribution in [0.25, 0.3) is 0 Å². The van der Waals surface area contributed by atoms with E-state index in [1.807, 2.05) is 26.0 Å². The van der Waals surface area contributed by atoms with E-state index in [1.54, 1.807) is 7.11 Å². The van der Waals surface area contributed by atoms with Crippen LogP contribution >= 0.6 is 0 Å². The minimum Gasteiger partial charge on any atom is -0.496 e. The van der Waals surface area contributed by atoms with E-state index in [0.717, 1.165) is 35.3 Å². The molecule has 2 heteroatoms. The van der Waals surface area contributed by atoms with Crippen molar-refractivity contribution in [3.05, 3.63) is 28.8 Å². The van der Waals surface area contributed by atoms with Crippen molar-refractivity contribution in [3.63, 3.8) is 0 Å². The number of methoxy groups -OCH3 is 1. The molecular weight excluding hydrogens is 212 g/mol. The zero-order valence-corrected chi connectivity index (χ0v) is 10.9. The van der Waals surface area contributed by atoms with Crippen molar-refractivity contribution in [2.75, 3.05) is 7.11 Å². The van der Waals surface area contributed by atoms with Gasteiger partial charge in [-0.15, -0.1) is 0 Å². The van der Waals surface area contributed by atoms with Gasteiger partial charge >= 0.3 is 0 Å². The molecule has 0 amide bonds. The molecule has 1 saturated carbocycles. The molecule has 92 valence electrons. The van der Waals surface area contributed by atoms with Gasteiger partial charge in [0, 0.05) is 11.5 Å². The van der Waals surface area contributed by atoms with Crippen LogP contribution in [-0.4, -0.2) is 12.9 Å². The van der Waals surface area contributed by atoms with Crippen molar-refractivity contribution in [2.24, 2.45) is 5.92 Å². The molecule has 0 unspecified atom stereocenters. The Hall–Kier alpha value is -1.31. The second-order valence-electron chi connectivity index (χ2n) is 4.98. The highest BCUT2D eigenvalue weighted by atomic mass is 16.5. The third kappa shape index (κ3) is 2.36. The quantitative estimate of drug-likeness (QED) is 0.743. The molecule has 0 atom stereocenters. The molecule has 0 saturated heterocycles. The lowest BCUT2D eigenvalue weighted by molar-refractivity contribution is 0.0922. The molecule has 0 aromatic heterocycles. The van der Waals surface area contributed by atoms with Crippen LogP contribution in [0, 0.1) is 19.8 Å². The number of hydrogen-bond donors (Lipinski definition) is 0. The molecule has 0 heterocycles. The van der Waals surface area contributed by atoms with Crippen LogP contribution in [0.2, 0.25) is 0 Å². The highest BCUT2D eigenvalue weighted by molar-refractivity contribution is 5.99. The summed E-state index contributed by atoms with van der Waals surface area (Å²) in [5, 5.41) is 0. The highest BCUT2D eigenvalue weighted by Gasteiger charge is 2.25. The summed E-state index contributed by atoms with van der Waals surface area (Å²) < 4.78 is 5.27. The first kappa shape index (κ1) is 12.2. The molecular formula is C15H20O2. The number of ether oxygens (including phenoxy) is 1. The zero-order chi connectivity index (χ0) is 12.4. The molecule has 1 aromatic rings. The SMILES string of the molecule is COc1cc(C)c(C(=O)C2CCCC2)cc1C. The first-order valence-electron chi connectivity index (χ1n) is 6.33. The summed E-state index contributed by atoms with van der Waals surface area (Å²) in [6, 6.07) is 3.95. The summed E-state index contributed by atoms with van der Waals surface area (Å²) >= 11 is 0. The van der Waals surface area contributed by atoms with Crippen molar-refractivity contribution in [1.82, 2.24) is 0 Å². The predicted octanol–water partition coefficient (Wildman–Crippen LogP) is 3.68. The van der Waals surface area contributed by atoms with Gasteiger partial charge in [0.15, 0.2) is 5.78 Å². The fourth-order valence-electron chi connectivity index (χ4n) is 2.68. The van der Waals surface area contributed by atoms with Gasteiger partial charge in [0.1, 0.15) is 5.75 Å². The number of rotatable bonds is 3. The second kappa shape index (κ2) is 4.91. The van der Waals surface area contributed by atoms with E-state index >= 15 is 0 Å². The standard InChI is InChI=1S/C15H20O2/c1-10-9-14(17-3)11(2)8-13(10)15(16)12-6-4-5-7-12/h8-9,12H,4-7H2,1-3H3. The van der Waals surface area contributed by atoms with E-state index in [-0.39, 0.29) is 5.92 Å². The van der Waals surface area contributed by atoms with Gasteiger partial charge in [-0.3, -0.25) is 4.79 Å². The number of benzene rings is 1. The van der Waals surface area contributed by atoms with Crippen LogP contribution in [0.15, 0.2) is 12.1 Å². The lowest BCUT2D eigenvalue weighted by atomic mass is 9.92. The Labute approximate surface area is 103 Å². The van der Waals surface area contributed by atoms with Crippen LogP contribution in [0.4, 0.5) is 0 Å². The molecule has 0 spiro atoms. The van der Waals surface area contributed by atoms with Crippen LogP contribution < -0.4 is 4.74 Å². The molecule has 17 heavy (non-hydrogen) atoms. The number of Topliss-reactive ketones (excluding diaryl/α,β-unsaturated/α-hetero) is 1. The molecule has 1 aliphatic carbocycles. The van der Waals surface area contributed by atoms with Gasteiger partial charge in [0.05, 0.1) is 7.11 Å². The number of aryl methyl sites for hydroxylation is 2. The molecule has 1 aromatic carbocycles. The second-order valence-corrected chi connectivity index (χ2v) is 4.98. The first-order chi connectivity index (χ1) is 8.13. The number of ketones is 1. The van der Waals surface area contributed by atoms with Gasteiger partial charge in [0.2, 0.25) is 0 Å². The fourth-order valence-corrected chi connectivity index (χ4v) is 2.68. The third-order valence-corrected chi connectivity index (χ3v) is 3.73. The number of carbonyl (C=O) groups is 1. The number of carbonyl (C=O) groups excluding carboxylic acids is 1. The molecule has 1 fully saturated rings. The molecule has 0 aliphatic heterocycles.